The molecule has 0 bridgehead atoms. The highest BCUT2D eigenvalue weighted by atomic mass is 16.5. The predicted molar refractivity (Wildman–Crippen MR) is 83.7 cm³/mol. The van der Waals surface area contributed by atoms with Crippen LogP contribution >= 0.6 is 0 Å². The van der Waals surface area contributed by atoms with Gasteiger partial charge in [0.15, 0.2) is 0 Å². The van der Waals surface area contributed by atoms with E-state index in [1.165, 1.54) is 11.3 Å². The van der Waals surface area contributed by atoms with E-state index in [2.05, 4.69) is 33.7 Å². The number of anilines is 1. The molecule has 2 aromatic rings. The third-order valence-electron chi connectivity index (χ3n) is 3.76. The number of aliphatic hydroxyl groups excluding tert-OH is 1. The molecule has 2 rings (SSSR count). The molecule has 0 atom stereocenters. The fourth-order valence-corrected chi connectivity index (χ4v) is 2.53. The molecular formula is C15H24N4O2. The smallest absolute Gasteiger partial charge is 0.145 e. The minimum Gasteiger partial charge on any atom is -0.396 e. The summed E-state index contributed by atoms with van der Waals surface area (Å²) in [4.78, 5) is 8.80. The van der Waals surface area contributed by atoms with Gasteiger partial charge in [0, 0.05) is 39.1 Å². The highest BCUT2D eigenvalue weighted by molar-refractivity contribution is 5.91. The van der Waals surface area contributed by atoms with Crippen LogP contribution in [0.4, 0.5) is 5.82 Å². The molecule has 6 heteroatoms. The second-order valence-corrected chi connectivity index (χ2v) is 5.13. The van der Waals surface area contributed by atoms with Crippen LogP contribution in [0.5, 0.6) is 0 Å². The van der Waals surface area contributed by atoms with E-state index < -0.39 is 0 Å². The molecule has 0 saturated carbocycles. The summed E-state index contributed by atoms with van der Waals surface area (Å²) in [5.74, 6) is 0.847. The van der Waals surface area contributed by atoms with Crippen LogP contribution < -0.4 is 5.32 Å². The largest absolute Gasteiger partial charge is 0.396 e. The summed E-state index contributed by atoms with van der Waals surface area (Å²) in [7, 11) is 1.72. The van der Waals surface area contributed by atoms with Crippen LogP contribution in [0.2, 0.25) is 0 Å². The molecule has 0 fully saturated rings. The van der Waals surface area contributed by atoms with E-state index in [9.17, 15) is 0 Å². The summed E-state index contributed by atoms with van der Waals surface area (Å²) in [6.07, 6.45) is 3.26. The van der Waals surface area contributed by atoms with Gasteiger partial charge in [-0.15, -0.1) is 0 Å². The predicted octanol–water partition coefficient (Wildman–Crippen LogP) is 1.88. The number of rotatable bonds is 8. The van der Waals surface area contributed by atoms with Crippen LogP contribution in [0.25, 0.3) is 11.0 Å². The summed E-state index contributed by atoms with van der Waals surface area (Å²) >= 11 is 0. The highest BCUT2D eigenvalue weighted by Crippen LogP contribution is 2.28. The van der Waals surface area contributed by atoms with Crippen molar-refractivity contribution in [3.05, 3.63) is 17.6 Å². The van der Waals surface area contributed by atoms with Gasteiger partial charge in [-0.2, -0.15) is 0 Å². The van der Waals surface area contributed by atoms with Crippen molar-refractivity contribution in [2.45, 2.75) is 33.2 Å². The molecule has 2 N–H and O–H groups in total. The number of hydrogen-bond donors (Lipinski definition) is 2. The minimum absolute atomic E-state index is 0.178. The van der Waals surface area contributed by atoms with Gasteiger partial charge in [0.1, 0.15) is 17.8 Å². The lowest BCUT2D eigenvalue weighted by Crippen LogP contribution is -2.07. The minimum atomic E-state index is 0.178. The van der Waals surface area contributed by atoms with Crippen LogP contribution in [-0.2, 0) is 11.3 Å². The lowest BCUT2D eigenvalue weighted by Gasteiger charge is -2.08. The Bertz CT molecular complexity index is 595. The zero-order chi connectivity index (χ0) is 15.2. The molecule has 0 amide bonds. The number of aliphatic hydroxyl groups is 1. The number of methoxy groups -OCH3 is 1. The Morgan fingerprint density at radius 1 is 1.29 bits per heavy atom. The van der Waals surface area contributed by atoms with Crippen molar-refractivity contribution < 1.29 is 9.84 Å². The first-order valence-corrected chi connectivity index (χ1v) is 7.34. The molecule has 6 nitrogen and oxygen atoms in total. The maximum atomic E-state index is 8.89. The van der Waals surface area contributed by atoms with Gasteiger partial charge in [-0.25, -0.2) is 9.97 Å². The summed E-state index contributed by atoms with van der Waals surface area (Å²) in [5, 5.41) is 13.3. The quantitative estimate of drug-likeness (QED) is 0.727. The Hall–Kier alpha value is -1.66. The molecule has 2 heterocycles. The second-order valence-electron chi connectivity index (χ2n) is 5.13. The number of nitrogens with zero attached hydrogens (tertiary/aromatic N) is 3. The van der Waals surface area contributed by atoms with E-state index in [-0.39, 0.29) is 6.61 Å². The third kappa shape index (κ3) is 3.33. The van der Waals surface area contributed by atoms with Crippen LogP contribution in [0.1, 0.15) is 24.1 Å². The van der Waals surface area contributed by atoms with Gasteiger partial charge in [-0.1, -0.05) is 0 Å². The first-order valence-electron chi connectivity index (χ1n) is 7.34. The highest BCUT2D eigenvalue weighted by Gasteiger charge is 2.15. The lowest BCUT2D eigenvalue weighted by atomic mass is 10.2. The van der Waals surface area contributed by atoms with Crippen molar-refractivity contribution in [1.82, 2.24) is 14.5 Å². The molecule has 0 saturated heterocycles. The first kappa shape index (κ1) is 15.7. The molecule has 0 aromatic carbocycles. The molecule has 116 valence electrons. The number of fused-ring (bicyclic) bond motifs is 1. The van der Waals surface area contributed by atoms with Crippen molar-refractivity contribution in [3.8, 4) is 0 Å². The van der Waals surface area contributed by atoms with Crippen LogP contribution in [0.3, 0.4) is 0 Å². The van der Waals surface area contributed by atoms with Gasteiger partial charge < -0.3 is 19.7 Å². The van der Waals surface area contributed by atoms with Crippen molar-refractivity contribution in [3.63, 3.8) is 0 Å². The SMILES string of the molecule is COCCCn1c(C)c(C)c2c(NCCCO)ncnc21. The monoisotopic (exact) mass is 292 g/mol. The normalized spacial score (nSPS) is 11.2. The average molecular weight is 292 g/mol. The van der Waals surface area contributed by atoms with E-state index >= 15 is 0 Å². The third-order valence-corrected chi connectivity index (χ3v) is 3.76. The van der Waals surface area contributed by atoms with Crippen LogP contribution in [-0.4, -0.2) is 46.5 Å². The fraction of sp³-hybridized carbons (Fsp3) is 0.600. The summed E-state index contributed by atoms with van der Waals surface area (Å²) in [6, 6.07) is 0. The van der Waals surface area contributed by atoms with Crippen molar-refractivity contribution >= 4 is 16.9 Å². The van der Waals surface area contributed by atoms with Gasteiger partial charge in [0.05, 0.1) is 5.39 Å². The fourth-order valence-electron chi connectivity index (χ4n) is 2.53. The average Bonchev–Trinajstić information content (AvgIpc) is 2.73. The first-order chi connectivity index (χ1) is 10.2. The maximum absolute atomic E-state index is 8.89. The number of hydrogen-bond acceptors (Lipinski definition) is 5. The number of aryl methyl sites for hydroxylation is 2. The van der Waals surface area contributed by atoms with Gasteiger partial charge in [0.25, 0.3) is 0 Å². The molecule has 2 aromatic heterocycles. The Kier molecular flexibility index (Phi) is 5.52. The summed E-state index contributed by atoms with van der Waals surface area (Å²) in [5.41, 5.74) is 3.38. The van der Waals surface area contributed by atoms with E-state index in [0.717, 1.165) is 36.4 Å². The molecule has 0 spiro atoms. The summed E-state index contributed by atoms with van der Waals surface area (Å²) < 4.78 is 7.35. The van der Waals surface area contributed by atoms with E-state index in [1.54, 1.807) is 13.4 Å². The topological polar surface area (TPSA) is 72.2 Å². The number of ether oxygens (including phenoxy) is 1. The molecule has 0 unspecified atom stereocenters. The van der Waals surface area contributed by atoms with Crippen LogP contribution in [0, 0.1) is 13.8 Å². The van der Waals surface area contributed by atoms with Crippen LogP contribution in [0.15, 0.2) is 6.33 Å². The van der Waals surface area contributed by atoms with Crippen molar-refractivity contribution in [2.75, 3.05) is 32.2 Å². The standard InChI is InChI=1S/C15H24N4O2/c1-11-12(2)19(7-5-9-21-3)15-13(11)14(17-10-18-15)16-6-4-8-20/h10,20H,4-9H2,1-3H3,(H,16,17,18). The Labute approximate surface area is 125 Å². The lowest BCUT2D eigenvalue weighted by molar-refractivity contribution is 0.190. The van der Waals surface area contributed by atoms with Gasteiger partial charge in [0.2, 0.25) is 0 Å². The molecule has 0 radical (unpaired) electrons. The zero-order valence-corrected chi connectivity index (χ0v) is 13.0. The molecule has 0 aliphatic carbocycles. The van der Waals surface area contributed by atoms with E-state index in [4.69, 9.17) is 9.84 Å². The van der Waals surface area contributed by atoms with E-state index in [1.807, 2.05) is 0 Å². The molecule has 21 heavy (non-hydrogen) atoms. The maximum Gasteiger partial charge on any atom is 0.145 e. The Balaban J connectivity index is 2.34. The van der Waals surface area contributed by atoms with Gasteiger partial charge in [-0.3, -0.25) is 0 Å². The Morgan fingerprint density at radius 3 is 2.81 bits per heavy atom. The number of aromatic nitrogens is 3. The van der Waals surface area contributed by atoms with Crippen molar-refractivity contribution in [2.24, 2.45) is 0 Å². The Morgan fingerprint density at radius 2 is 2.10 bits per heavy atom. The zero-order valence-electron chi connectivity index (χ0n) is 13.0. The molecule has 0 aliphatic heterocycles. The molecule has 0 aliphatic rings. The van der Waals surface area contributed by atoms with E-state index in [0.29, 0.717) is 13.0 Å². The number of nitrogens with one attached hydrogen (secondary N) is 1. The molecular weight excluding hydrogens is 268 g/mol. The van der Waals surface area contributed by atoms with Gasteiger partial charge in [-0.05, 0) is 32.3 Å². The summed E-state index contributed by atoms with van der Waals surface area (Å²) in [6.45, 7) is 6.72. The van der Waals surface area contributed by atoms with Gasteiger partial charge >= 0.3 is 0 Å². The second kappa shape index (κ2) is 7.38. The van der Waals surface area contributed by atoms with Crippen molar-refractivity contribution in [1.29, 1.82) is 0 Å².